The summed E-state index contributed by atoms with van der Waals surface area (Å²) in [7, 11) is 0. The molecular formula is C17H18Br2O2. The van der Waals surface area contributed by atoms with Crippen LogP contribution in [0.1, 0.15) is 17.5 Å². The summed E-state index contributed by atoms with van der Waals surface area (Å²) in [5, 5.41) is 0. The third kappa shape index (κ3) is 5.04. The van der Waals surface area contributed by atoms with Crippen LogP contribution in [0.25, 0.3) is 0 Å². The fourth-order valence-corrected chi connectivity index (χ4v) is 3.08. The summed E-state index contributed by atoms with van der Waals surface area (Å²) in [6.45, 7) is 5.37. The number of aryl methyl sites for hydroxylation is 2. The van der Waals surface area contributed by atoms with Gasteiger partial charge in [-0.05, 0) is 81.1 Å². The molecule has 2 aromatic rings. The zero-order chi connectivity index (χ0) is 15.2. The summed E-state index contributed by atoms with van der Waals surface area (Å²) in [5.41, 5.74) is 2.42. The molecule has 0 unspecified atom stereocenters. The van der Waals surface area contributed by atoms with E-state index in [-0.39, 0.29) is 0 Å². The molecule has 0 heterocycles. The van der Waals surface area contributed by atoms with Gasteiger partial charge in [-0.15, -0.1) is 0 Å². The molecule has 0 spiro atoms. The lowest BCUT2D eigenvalue weighted by Crippen LogP contribution is -2.05. The van der Waals surface area contributed by atoms with E-state index < -0.39 is 0 Å². The molecule has 0 saturated carbocycles. The van der Waals surface area contributed by atoms with E-state index in [0.29, 0.717) is 13.2 Å². The second-order valence-electron chi connectivity index (χ2n) is 4.92. The monoisotopic (exact) mass is 412 g/mol. The molecule has 0 atom stereocenters. The second kappa shape index (κ2) is 7.85. The fraction of sp³-hybridized carbons (Fsp3) is 0.294. The summed E-state index contributed by atoms with van der Waals surface area (Å²) in [6.07, 6.45) is 0.834. The molecule has 2 nitrogen and oxygen atoms in total. The van der Waals surface area contributed by atoms with Crippen molar-refractivity contribution in [3.8, 4) is 11.5 Å². The van der Waals surface area contributed by atoms with E-state index in [1.807, 2.05) is 24.3 Å². The highest BCUT2D eigenvalue weighted by molar-refractivity contribution is 9.10. The van der Waals surface area contributed by atoms with Crippen LogP contribution in [-0.2, 0) is 0 Å². The summed E-state index contributed by atoms with van der Waals surface area (Å²) in [5.74, 6) is 1.74. The minimum absolute atomic E-state index is 0.630. The van der Waals surface area contributed by atoms with Crippen molar-refractivity contribution in [1.29, 1.82) is 0 Å². The SMILES string of the molecule is Cc1ccc(OCCCOc2ccc(C)cc2Br)c(Br)c1. The number of ether oxygens (including phenoxy) is 2. The quantitative estimate of drug-likeness (QED) is 0.567. The Morgan fingerprint density at radius 3 is 1.57 bits per heavy atom. The number of benzene rings is 2. The third-order valence-corrected chi connectivity index (χ3v) is 4.22. The Labute approximate surface area is 142 Å². The Hall–Kier alpha value is -1.000. The van der Waals surface area contributed by atoms with Gasteiger partial charge in [0.2, 0.25) is 0 Å². The lowest BCUT2D eigenvalue weighted by Gasteiger charge is -2.11. The van der Waals surface area contributed by atoms with E-state index in [2.05, 4.69) is 57.8 Å². The molecule has 21 heavy (non-hydrogen) atoms. The topological polar surface area (TPSA) is 18.5 Å². The van der Waals surface area contributed by atoms with E-state index in [0.717, 1.165) is 26.9 Å². The smallest absolute Gasteiger partial charge is 0.133 e. The summed E-state index contributed by atoms with van der Waals surface area (Å²) in [6, 6.07) is 12.2. The number of rotatable bonds is 6. The van der Waals surface area contributed by atoms with Crippen LogP contribution in [0.3, 0.4) is 0 Å². The molecule has 0 aliphatic rings. The van der Waals surface area contributed by atoms with E-state index in [4.69, 9.17) is 9.47 Å². The zero-order valence-electron chi connectivity index (χ0n) is 12.2. The van der Waals surface area contributed by atoms with E-state index >= 15 is 0 Å². The number of hydrogen-bond donors (Lipinski definition) is 0. The van der Waals surface area contributed by atoms with Gasteiger partial charge in [0.1, 0.15) is 11.5 Å². The summed E-state index contributed by atoms with van der Waals surface area (Å²) in [4.78, 5) is 0. The molecule has 0 radical (unpaired) electrons. The number of halogens is 2. The Kier molecular flexibility index (Phi) is 6.12. The molecule has 0 saturated heterocycles. The third-order valence-electron chi connectivity index (χ3n) is 2.98. The van der Waals surface area contributed by atoms with Crippen LogP contribution < -0.4 is 9.47 Å². The van der Waals surface area contributed by atoms with Gasteiger partial charge < -0.3 is 9.47 Å². The van der Waals surface area contributed by atoms with Gasteiger partial charge in [0, 0.05) is 6.42 Å². The average Bonchev–Trinajstić information content (AvgIpc) is 2.42. The molecule has 2 aromatic carbocycles. The molecule has 0 fully saturated rings. The predicted molar refractivity (Wildman–Crippen MR) is 93.4 cm³/mol. The van der Waals surface area contributed by atoms with Crippen molar-refractivity contribution >= 4 is 31.9 Å². The van der Waals surface area contributed by atoms with Gasteiger partial charge in [-0.1, -0.05) is 12.1 Å². The van der Waals surface area contributed by atoms with Crippen molar-refractivity contribution in [2.75, 3.05) is 13.2 Å². The van der Waals surface area contributed by atoms with Crippen molar-refractivity contribution in [1.82, 2.24) is 0 Å². The molecule has 0 aromatic heterocycles. The minimum atomic E-state index is 0.630. The molecule has 0 N–H and O–H groups in total. The fourth-order valence-electron chi connectivity index (χ4n) is 1.87. The zero-order valence-corrected chi connectivity index (χ0v) is 15.3. The van der Waals surface area contributed by atoms with E-state index in [9.17, 15) is 0 Å². The molecule has 0 amide bonds. The first kappa shape index (κ1) is 16.4. The maximum Gasteiger partial charge on any atom is 0.133 e. The van der Waals surface area contributed by atoms with Crippen LogP contribution in [0, 0.1) is 13.8 Å². The van der Waals surface area contributed by atoms with Crippen molar-refractivity contribution in [2.24, 2.45) is 0 Å². The highest BCUT2D eigenvalue weighted by atomic mass is 79.9. The molecule has 0 aliphatic carbocycles. The van der Waals surface area contributed by atoms with Gasteiger partial charge in [-0.25, -0.2) is 0 Å². The molecule has 2 rings (SSSR count). The average molecular weight is 414 g/mol. The van der Waals surface area contributed by atoms with Crippen LogP contribution in [0.2, 0.25) is 0 Å². The first-order chi connectivity index (χ1) is 10.1. The molecule has 4 heteroatoms. The largest absolute Gasteiger partial charge is 0.492 e. The maximum atomic E-state index is 5.74. The first-order valence-corrected chi connectivity index (χ1v) is 8.43. The van der Waals surface area contributed by atoms with E-state index in [1.165, 1.54) is 11.1 Å². The van der Waals surface area contributed by atoms with Gasteiger partial charge in [0.15, 0.2) is 0 Å². The van der Waals surface area contributed by atoms with Crippen LogP contribution in [0.4, 0.5) is 0 Å². The summed E-state index contributed by atoms with van der Waals surface area (Å²) >= 11 is 7.01. The lowest BCUT2D eigenvalue weighted by molar-refractivity contribution is 0.246. The predicted octanol–water partition coefficient (Wildman–Crippen LogP) is 5.68. The standard InChI is InChI=1S/C17H18Br2O2/c1-12-4-6-16(14(18)10-12)20-8-3-9-21-17-7-5-13(2)11-15(17)19/h4-7,10-11H,3,8-9H2,1-2H3. The van der Waals surface area contributed by atoms with Crippen LogP contribution in [-0.4, -0.2) is 13.2 Å². The Morgan fingerprint density at radius 2 is 1.19 bits per heavy atom. The van der Waals surface area contributed by atoms with Gasteiger partial charge in [0.05, 0.1) is 22.2 Å². The van der Waals surface area contributed by atoms with Crippen molar-refractivity contribution < 1.29 is 9.47 Å². The Balaban J connectivity index is 1.75. The van der Waals surface area contributed by atoms with E-state index in [1.54, 1.807) is 0 Å². The highest BCUT2D eigenvalue weighted by Crippen LogP contribution is 2.27. The van der Waals surface area contributed by atoms with Gasteiger partial charge in [0.25, 0.3) is 0 Å². The Bertz CT molecular complexity index is 558. The maximum absolute atomic E-state index is 5.74. The second-order valence-corrected chi connectivity index (χ2v) is 6.63. The molecule has 0 bridgehead atoms. The van der Waals surface area contributed by atoms with Gasteiger partial charge in [-0.3, -0.25) is 0 Å². The lowest BCUT2D eigenvalue weighted by atomic mass is 10.2. The van der Waals surface area contributed by atoms with Crippen LogP contribution >= 0.6 is 31.9 Å². The minimum Gasteiger partial charge on any atom is -0.492 e. The molecule has 112 valence electrons. The highest BCUT2D eigenvalue weighted by Gasteiger charge is 2.03. The van der Waals surface area contributed by atoms with Crippen molar-refractivity contribution in [3.63, 3.8) is 0 Å². The summed E-state index contributed by atoms with van der Waals surface area (Å²) < 4.78 is 13.5. The van der Waals surface area contributed by atoms with Gasteiger partial charge >= 0.3 is 0 Å². The van der Waals surface area contributed by atoms with Crippen molar-refractivity contribution in [2.45, 2.75) is 20.3 Å². The Morgan fingerprint density at radius 1 is 0.762 bits per heavy atom. The van der Waals surface area contributed by atoms with Crippen LogP contribution in [0.5, 0.6) is 11.5 Å². The first-order valence-electron chi connectivity index (χ1n) is 6.84. The number of hydrogen-bond acceptors (Lipinski definition) is 2. The molecular weight excluding hydrogens is 396 g/mol. The van der Waals surface area contributed by atoms with Gasteiger partial charge in [-0.2, -0.15) is 0 Å². The van der Waals surface area contributed by atoms with Crippen LogP contribution in [0.15, 0.2) is 45.3 Å². The van der Waals surface area contributed by atoms with Crippen molar-refractivity contribution in [3.05, 3.63) is 56.5 Å². The normalized spacial score (nSPS) is 10.5. The molecule has 0 aliphatic heterocycles.